The van der Waals surface area contributed by atoms with Gasteiger partial charge in [0.15, 0.2) is 5.78 Å². The summed E-state index contributed by atoms with van der Waals surface area (Å²) >= 11 is 0. The molecule has 0 aromatic heterocycles. The van der Waals surface area contributed by atoms with E-state index in [1.54, 1.807) is 0 Å². The third kappa shape index (κ3) is 3.74. The number of carbonyl (C=O) groups is 2. The monoisotopic (exact) mass is 401 g/mol. The summed E-state index contributed by atoms with van der Waals surface area (Å²) in [5.41, 5.74) is 7.07. The standard InChI is InChI=1S/C27H31NO2/c1-6-19-7-9-20(10-8-19)22-14-25(30)28(21-12-17(2)11-18(3)13-21)23-15-27(4,5)16-24(29)26(22)23/h7-13,22H,6,14-16H2,1-5H3. The summed E-state index contributed by atoms with van der Waals surface area (Å²) in [5.74, 6) is 0.116. The van der Waals surface area contributed by atoms with Crippen LogP contribution in [-0.2, 0) is 16.0 Å². The Morgan fingerprint density at radius 2 is 1.60 bits per heavy atom. The van der Waals surface area contributed by atoms with Gasteiger partial charge in [0.2, 0.25) is 5.91 Å². The van der Waals surface area contributed by atoms with Crippen LogP contribution >= 0.6 is 0 Å². The quantitative estimate of drug-likeness (QED) is 0.630. The molecule has 3 heteroatoms. The Hall–Kier alpha value is -2.68. The van der Waals surface area contributed by atoms with Crippen LogP contribution in [0.1, 0.15) is 68.2 Å². The average molecular weight is 402 g/mol. The number of rotatable bonds is 3. The van der Waals surface area contributed by atoms with E-state index in [2.05, 4.69) is 63.2 Å². The lowest BCUT2D eigenvalue weighted by Gasteiger charge is -2.43. The molecule has 3 nitrogen and oxygen atoms in total. The normalized spacial score (nSPS) is 21.1. The Balaban J connectivity index is 1.88. The summed E-state index contributed by atoms with van der Waals surface area (Å²) in [6.07, 6.45) is 2.58. The number of Topliss-reactive ketones (excluding diaryl/α,β-unsaturated/α-hetero) is 1. The van der Waals surface area contributed by atoms with Gasteiger partial charge in [0.1, 0.15) is 0 Å². The number of hydrogen-bond acceptors (Lipinski definition) is 2. The van der Waals surface area contributed by atoms with E-state index in [0.29, 0.717) is 12.8 Å². The van der Waals surface area contributed by atoms with Crippen LogP contribution in [0.15, 0.2) is 53.7 Å². The second-order valence-corrected chi connectivity index (χ2v) is 9.73. The Morgan fingerprint density at radius 1 is 0.967 bits per heavy atom. The molecular weight excluding hydrogens is 370 g/mol. The fraction of sp³-hybridized carbons (Fsp3) is 0.407. The van der Waals surface area contributed by atoms with Crippen LogP contribution in [0.2, 0.25) is 0 Å². The van der Waals surface area contributed by atoms with E-state index < -0.39 is 0 Å². The van der Waals surface area contributed by atoms with Gasteiger partial charge in [-0.25, -0.2) is 0 Å². The Morgan fingerprint density at radius 3 is 2.20 bits per heavy atom. The molecule has 2 aliphatic rings. The molecule has 2 aromatic rings. The second-order valence-electron chi connectivity index (χ2n) is 9.73. The van der Waals surface area contributed by atoms with Gasteiger partial charge in [-0.05, 0) is 66.5 Å². The SMILES string of the molecule is CCc1ccc(C2CC(=O)N(c3cc(C)cc(C)c3)C3=C2C(=O)CC(C)(C)C3)cc1. The number of nitrogens with zero attached hydrogens (tertiary/aromatic N) is 1. The van der Waals surface area contributed by atoms with Gasteiger partial charge in [0, 0.05) is 35.7 Å². The second kappa shape index (κ2) is 7.54. The number of allylic oxidation sites excluding steroid dienone is 2. The number of anilines is 1. The van der Waals surface area contributed by atoms with Crippen LogP contribution in [0.4, 0.5) is 5.69 Å². The predicted molar refractivity (Wildman–Crippen MR) is 122 cm³/mol. The minimum Gasteiger partial charge on any atom is -0.294 e. The molecule has 2 aromatic carbocycles. The van der Waals surface area contributed by atoms with Gasteiger partial charge in [-0.1, -0.05) is 51.1 Å². The molecule has 0 bridgehead atoms. The summed E-state index contributed by atoms with van der Waals surface area (Å²) in [7, 11) is 0. The molecule has 0 radical (unpaired) electrons. The highest BCUT2D eigenvalue weighted by Gasteiger charge is 2.44. The van der Waals surface area contributed by atoms with Crippen molar-refractivity contribution >= 4 is 17.4 Å². The van der Waals surface area contributed by atoms with E-state index in [1.165, 1.54) is 5.56 Å². The number of benzene rings is 2. The molecule has 1 atom stereocenters. The van der Waals surface area contributed by atoms with Gasteiger partial charge in [-0.3, -0.25) is 14.5 Å². The number of aryl methyl sites for hydroxylation is 3. The van der Waals surface area contributed by atoms with Gasteiger partial charge in [0.25, 0.3) is 0 Å². The van der Waals surface area contributed by atoms with E-state index in [9.17, 15) is 9.59 Å². The van der Waals surface area contributed by atoms with Crippen LogP contribution in [-0.4, -0.2) is 11.7 Å². The van der Waals surface area contributed by atoms with Crippen molar-refractivity contribution < 1.29 is 9.59 Å². The first-order valence-electron chi connectivity index (χ1n) is 10.9. The molecule has 4 rings (SSSR count). The lowest BCUT2D eigenvalue weighted by atomic mass is 9.69. The van der Waals surface area contributed by atoms with Crippen LogP contribution in [0.25, 0.3) is 0 Å². The zero-order valence-corrected chi connectivity index (χ0v) is 18.7. The Bertz CT molecular complexity index is 1020. The van der Waals surface area contributed by atoms with Crippen molar-refractivity contribution in [2.24, 2.45) is 5.41 Å². The third-order valence-electron chi connectivity index (χ3n) is 6.40. The molecule has 0 saturated heterocycles. The van der Waals surface area contributed by atoms with Crippen molar-refractivity contribution in [1.82, 2.24) is 0 Å². The molecule has 0 saturated carbocycles. The highest BCUT2D eigenvalue weighted by Crippen LogP contribution is 2.48. The zero-order chi connectivity index (χ0) is 21.6. The maximum Gasteiger partial charge on any atom is 0.232 e. The van der Waals surface area contributed by atoms with E-state index in [0.717, 1.165) is 46.5 Å². The zero-order valence-electron chi connectivity index (χ0n) is 18.7. The van der Waals surface area contributed by atoms with E-state index in [-0.39, 0.29) is 23.0 Å². The van der Waals surface area contributed by atoms with Crippen molar-refractivity contribution in [3.05, 3.63) is 76.0 Å². The highest BCUT2D eigenvalue weighted by atomic mass is 16.2. The van der Waals surface area contributed by atoms with Crippen molar-refractivity contribution in [2.45, 2.75) is 66.2 Å². The van der Waals surface area contributed by atoms with Crippen LogP contribution < -0.4 is 4.90 Å². The maximum atomic E-state index is 13.5. The molecule has 1 aliphatic heterocycles. The largest absolute Gasteiger partial charge is 0.294 e. The van der Waals surface area contributed by atoms with Gasteiger partial charge < -0.3 is 0 Å². The molecule has 1 amide bonds. The summed E-state index contributed by atoms with van der Waals surface area (Å²) in [4.78, 5) is 28.7. The summed E-state index contributed by atoms with van der Waals surface area (Å²) in [5, 5.41) is 0. The number of amides is 1. The molecule has 1 unspecified atom stereocenters. The Labute approximate surface area is 179 Å². The first-order chi connectivity index (χ1) is 14.2. The van der Waals surface area contributed by atoms with Crippen molar-refractivity contribution in [3.8, 4) is 0 Å². The smallest absolute Gasteiger partial charge is 0.232 e. The third-order valence-corrected chi connectivity index (χ3v) is 6.40. The van der Waals surface area contributed by atoms with E-state index >= 15 is 0 Å². The molecule has 30 heavy (non-hydrogen) atoms. The van der Waals surface area contributed by atoms with Crippen LogP contribution in [0.3, 0.4) is 0 Å². The fourth-order valence-electron chi connectivity index (χ4n) is 5.07. The Kier molecular flexibility index (Phi) is 5.17. The molecule has 0 fully saturated rings. The van der Waals surface area contributed by atoms with Gasteiger partial charge in [-0.2, -0.15) is 0 Å². The van der Waals surface area contributed by atoms with Crippen LogP contribution in [0, 0.1) is 19.3 Å². The lowest BCUT2D eigenvalue weighted by molar-refractivity contribution is -0.121. The highest BCUT2D eigenvalue weighted by molar-refractivity contribution is 6.07. The predicted octanol–water partition coefficient (Wildman–Crippen LogP) is 6.03. The molecule has 1 heterocycles. The van der Waals surface area contributed by atoms with Crippen LogP contribution in [0.5, 0.6) is 0 Å². The summed E-state index contributed by atoms with van der Waals surface area (Å²) < 4.78 is 0. The molecule has 156 valence electrons. The molecular formula is C27H31NO2. The first kappa shape index (κ1) is 20.6. The molecule has 0 spiro atoms. The fourth-order valence-corrected chi connectivity index (χ4v) is 5.07. The summed E-state index contributed by atoms with van der Waals surface area (Å²) in [6, 6.07) is 14.7. The van der Waals surface area contributed by atoms with E-state index in [1.807, 2.05) is 18.7 Å². The lowest BCUT2D eigenvalue weighted by Crippen LogP contribution is -2.43. The number of hydrogen-bond donors (Lipinski definition) is 0. The molecule has 1 aliphatic carbocycles. The summed E-state index contributed by atoms with van der Waals surface area (Å²) in [6.45, 7) is 10.5. The number of ketones is 1. The van der Waals surface area contributed by atoms with Crippen molar-refractivity contribution in [2.75, 3.05) is 4.90 Å². The van der Waals surface area contributed by atoms with E-state index in [4.69, 9.17) is 0 Å². The minimum atomic E-state index is -0.152. The van der Waals surface area contributed by atoms with Gasteiger partial charge in [-0.15, -0.1) is 0 Å². The first-order valence-corrected chi connectivity index (χ1v) is 10.9. The average Bonchev–Trinajstić information content (AvgIpc) is 2.65. The topological polar surface area (TPSA) is 37.4 Å². The maximum absolute atomic E-state index is 13.5. The molecule has 0 N–H and O–H groups in total. The van der Waals surface area contributed by atoms with Crippen molar-refractivity contribution in [3.63, 3.8) is 0 Å². The van der Waals surface area contributed by atoms with Crippen molar-refractivity contribution in [1.29, 1.82) is 0 Å². The number of carbonyl (C=O) groups excluding carboxylic acids is 2. The minimum absolute atomic E-state index is 0.0776. The van der Waals surface area contributed by atoms with Gasteiger partial charge in [0.05, 0.1) is 0 Å². The van der Waals surface area contributed by atoms with Gasteiger partial charge >= 0.3 is 0 Å².